The van der Waals surface area contributed by atoms with Crippen molar-refractivity contribution in [2.45, 2.75) is 19.5 Å². The molecule has 0 aliphatic carbocycles. The molecule has 0 radical (unpaired) electrons. The molecule has 2 aromatic heterocycles. The van der Waals surface area contributed by atoms with Gasteiger partial charge >= 0.3 is 12.3 Å². The maximum Gasteiger partial charge on any atom is 0.433 e. The molecule has 0 amide bonds. The molecule has 0 unspecified atom stereocenters. The van der Waals surface area contributed by atoms with E-state index in [0.717, 1.165) is 10.4 Å². The van der Waals surface area contributed by atoms with E-state index in [1.807, 2.05) is 6.07 Å². The summed E-state index contributed by atoms with van der Waals surface area (Å²) < 4.78 is 53.6. The van der Waals surface area contributed by atoms with Gasteiger partial charge in [-0.2, -0.15) is 27.9 Å². The number of ether oxygens (including phenoxy) is 2. The molecular formula is C23H20F3N5O4. The molecule has 0 aliphatic heterocycles. The molecule has 0 aliphatic rings. The van der Waals surface area contributed by atoms with Crippen LogP contribution in [0.1, 0.15) is 18.2 Å². The van der Waals surface area contributed by atoms with Gasteiger partial charge < -0.3 is 9.47 Å². The van der Waals surface area contributed by atoms with Crippen molar-refractivity contribution < 1.29 is 32.2 Å². The molecule has 2 heterocycles. The minimum atomic E-state index is -4.50. The predicted octanol–water partition coefficient (Wildman–Crippen LogP) is 4.13. The minimum Gasteiger partial charge on any atom is -0.493 e. The van der Waals surface area contributed by atoms with Gasteiger partial charge in [0.25, 0.3) is 0 Å². The second-order valence-corrected chi connectivity index (χ2v) is 7.00. The number of hydrogen-bond acceptors (Lipinski definition) is 7. The van der Waals surface area contributed by atoms with Crippen molar-refractivity contribution in [1.82, 2.24) is 24.8 Å². The topological polar surface area (TPSA) is 101 Å². The average Bonchev–Trinajstić information content (AvgIpc) is 3.52. The van der Waals surface area contributed by atoms with E-state index in [2.05, 4.69) is 15.4 Å². The van der Waals surface area contributed by atoms with Crippen molar-refractivity contribution in [2.24, 2.45) is 0 Å². The molecule has 4 aromatic rings. The number of rotatable bonds is 6. The van der Waals surface area contributed by atoms with E-state index < -0.39 is 11.9 Å². The number of halogens is 3. The number of carbonyl (C=O) groups excluding carboxylic acids is 2. The van der Waals surface area contributed by atoms with Crippen molar-refractivity contribution in [1.29, 1.82) is 0 Å². The summed E-state index contributed by atoms with van der Waals surface area (Å²) in [5, 5.41) is 12.3. The molecule has 12 heteroatoms. The van der Waals surface area contributed by atoms with Crippen LogP contribution in [0.3, 0.4) is 0 Å². The third-order valence-corrected chi connectivity index (χ3v) is 5.03. The molecule has 182 valence electrons. The zero-order valence-electron chi connectivity index (χ0n) is 18.9. The van der Waals surface area contributed by atoms with Crippen LogP contribution in [0.2, 0.25) is 0 Å². The fraction of sp³-hybridized carbons (Fsp3) is 0.217. The smallest absolute Gasteiger partial charge is 0.433 e. The van der Waals surface area contributed by atoms with Crippen LogP contribution in [0.5, 0.6) is 11.5 Å². The molecule has 9 nitrogen and oxygen atoms in total. The lowest BCUT2D eigenvalue weighted by molar-refractivity contribution is -0.191. The van der Waals surface area contributed by atoms with Crippen LogP contribution in [0, 0.1) is 0 Å². The molecule has 35 heavy (non-hydrogen) atoms. The largest absolute Gasteiger partial charge is 0.493 e. The lowest BCUT2D eigenvalue weighted by atomic mass is 10.1. The van der Waals surface area contributed by atoms with E-state index in [9.17, 15) is 13.2 Å². The SMILES string of the molecule is CCc1cnn(-c2ccc(-c3cn(-c4ccc(OC)c(OC)c4)nn3)cc2)c1C(F)(F)F.O=C=O. The fourth-order valence-corrected chi connectivity index (χ4v) is 3.40. The summed E-state index contributed by atoms with van der Waals surface area (Å²) in [6, 6.07) is 11.9. The van der Waals surface area contributed by atoms with E-state index in [-0.39, 0.29) is 18.1 Å². The van der Waals surface area contributed by atoms with Gasteiger partial charge in [-0.1, -0.05) is 24.3 Å². The van der Waals surface area contributed by atoms with Gasteiger partial charge in [0.05, 0.1) is 38.0 Å². The number of hydrogen-bond donors (Lipinski definition) is 0. The maximum atomic E-state index is 13.5. The Kier molecular flexibility index (Phi) is 7.67. The molecule has 0 spiro atoms. The Morgan fingerprint density at radius 1 is 0.971 bits per heavy atom. The molecule has 0 saturated heterocycles. The van der Waals surface area contributed by atoms with Crippen LogP contribution in [0.25, 0.3) is 22.6 Å². The van der Waals surface area contributed by atoms with Crippen LogP contribution in [-0.2, 0) is 22.2 Å². The van der Waals surface area contributed by atoms with Crippen LogP contribution < -0.4 is 9.47 Å². The van der Waals surface area contributed by atoms with Gasteiger partial charge in [-0.25, -0.2) is 9.36 Å². The van der Waals surface area contributed by atoms with Crippen LogP contribution in [-0.4, -0.2) is 45.1 Å². The Labute approximate surface area is 197 Å². The second kappa shape index (κ2) is 10.7. The van der Waals surface area contributed by atoms with Crippen LogP contribution >= 0.6 is 0 Å². The van der Waals surface area contributed by atoms with Crippen molar-refractivity contribution in [3.63, 3.8) is 0 Å². The average molecular weight is 487 g/mol. The summed E-state index contributed by atoms with van der Waals surface area (Å²) in [6.45, 7) is 1.67. The molecule has 0 atom stereocenters. The van der Waals surface area contributed by atoms with Crippen molar-refractivity contribution in [2.75, 3.05) is 14.2 Å². The molecule has 0 bridgehead atoms. The van der Waals surface area contributed by atoms with Gasteiger partial charge in [0, 0.05) is 17.2 Å². The maximum absolute atomic E-state index is 13.5. The van der Waals surface area contributed by atoms with E-state index >= 15 is 0 Å². The van der Waals surface area contributed by atoms with Gasteiger partial charge in [0.15, 0.2) is 17.2 Å². The highest BCUT2D eigenvalue weighted by atomic mass is 19.4. The summed E-state index contributed by atoms with van der Waals surface area (Å²) in [7, 11) is 3.10. The quantitative estimate of drug-likeness (QED) is 0.403. The molecule has 4 rings (SSSR count). The summed E-state index contributed by atoms with van der Waals surface area (Å²) in [6.07, 6.45) is -1.03. The van der Waals surface area contributed by atoms with Crippen LogP contribution in [0.15, 0.2) is 54.9 Å². The van der Waals surface area contributed by atoms with E-state index in [0.29, 0.717) is 28.4 Å². The number of benzene rings is 2. The predicted molar refractivity (Wildman–Crippen MR) is 116 cm³/mol. The van der Waals surface area contributed by atoms with Gasteiger partial charge in [-0.05, 0) is 30.7 Å². The van der Waals surface area contributed by atoms with Gasteiger partial charge in [-0.3, -0.25) is 0 Å². The van der Waals surface area contributed by atoms with Crippen molar-refractivity contribution in [3.8, 4) is 34.1 Å². The summed E-state index contributed by atoms with van der Waals surface area (Å²) in [4.78, 5) is 16.2. The first-order valence-electron chi connectivity index (χ1n) is 10.2. The first-order valence-corrected chi connectivity index (χ1v) is 10.2. The van der Waals surface area contributed by atoms with E-state index in [4.69, 9.17) is 19.1 Å². The first-order chi connectivity index (χ1) is 16.8. The Morgan fingerprint density at radius 2 is 1.60 bits per heavy atom. The number of aryl methyl sites for hydroxylation is 1. The van der Waals surface area contributed by atoms with Crippen molar-refractivity contribution in [3.05, 3.63) is 66.1 Å². The lowest BCUT2D eigenvalue weighted by Gasteiger charge is -2.12. The summed E-state index contributed by atoms with van der Waals surface area (Å²) in [5.74, 6) is 1.15. The highest BCUT2D eigenvalue weighted by Crippen LogP contribution is 2.34. The molecule has 0 saturated carbocycles. The Morgan fingerprint density at radius 3 is 2.17 bits per heavy atom. The third-order valence-electron chi connectivity index (χ3n) is 5.03. The standard InChI is InChI=1S/C22H20F3N5O2.CO2/c1-4-14-12-26-30(21(14)22(23,24)25)16-7-5-15(6-8-16)18-13-29(28-27-18)17-9-10-19(31-2)20(11-17)32-3;2-1-3/h5-13H,4H2,1-3H3;. The van der Waals surface area contributed by atoms with Gasteiger partial charge in [0.2, 0.25) is 0 Å². The molecule has 2 aromatic carbocycles. The Balaban J connectivity index is 0.00000108. The number of alkyl halides is 3. The zero-order valence-corrected chi connectivity index (χ0v) is 18.9. The number of methoxy groups -OCH3 is 2. The fourth-order valence-electron chi connectivity index (χ4n) is 3.40. The normalized spacial score (nSPS) is 10.8. The summed E-state index contributed by atoms with van der Waals surface area (Å²) in [5.41, 5.74) is 1.70. The van der Waals surface area contributed by atoms with Crippen molar-refractivity contribution >= 4 is 6.15 Å². The highest BCUT2D eigenvalue weighted by molar-refractivity contribution is 5.60. The van der Waals surface area contributed by atoms with Gasteiger partial charge in [-0.15, -0.1) is 5.10 Å². The van der Waals surface area contributed by atoms with E-state index in [1.54, 1.807) is 68.4 Å². The van der Waals surface area contributed by atoms with Crippen LogP contribution in [0.4, 0.5) is 13.2 Å². The monoisotopic (exact) mass is 487 g/mol. The third kappa shape index (κ3) is 5.39. The molecule has 0 fully saturated rings. The highest BCUT2D eigenvalue weighted by Gasteiger charge is 2.38. The van der Waals surface area contributed by atoms with E-state index in [1.165, 1.54) is 6.20 Å². The number of nitrogens with zero attached hydrogens (tertiary/aromatic N) is 5. The number of aromatic nitrogens is 5. The zero-order chi connectivity index (χ0) is 25.6. The molecular weight excluding hydrogens is 467 g/mol. The lowest BCUT2D eigenvalue weighted by Crippen LogP contribution is -2.15. The summed E-state index contributed by atoms with van der Waals surface area (Å²) >= 11 is 0. The Bertz CT molecular complexity index is 1320. The first kappa shape index (κ1) is 25.2. The molecule has 0 N–H and O–H groups in total. The van der Waals surface area contributed by atoms with Gasteiger partial charge in [0.1, 0.15) is 5.69 Å². The minimum absolute atomic E-state index is 0.152. The Hall–Kier alpha value is -4.44. The second-order valence-electron chi connectivity index (χ2n) is 7.00.